The number of hydrogen-bond acceptors (Lipinski definition) is 6. The summed E-state index contributed by atoms with van der Waals surface area (Å²) >= 11 is 1.50. The third-order valence-electron chi connectivity index (χ3n) is 4.71. The van der Waals surface area contributed by atoms with Crippen LogP contribution in [0.3, 0.4) is 0 Å². The van der Waals surface area contributed by atoms with Crippen LogP contribution in [0.2, 0.25) is 0 Å². The Hall–Kier alpha value is -2.85. The van der Waals surface area contributed by atoms with Crippen molar-refractivity contribution in [2.45, 2.75) is 25.9 Å². The topological polar surface area (TPSA) is 95.6 Å². The number of H-pyrrole nitrogens is 1. The second-order valence-electron chi connectivity index (χ2n) is 7.09. The van der Waals surface area contributed by atoms with Crippen LogP contribution >= 0.6 is 36.2 Å². The number of carbonyl (C=O) groups excluding carboxylic acids is 1. The first-order valence-electron chi connectivity index (χ1n) is 9.71. The van der Waals surface area contributed by atoms with E-state index in [1.54, 1.807) is 29.9 Å². The van der Waals surface area contributed by atoms with Crippen molar-refractivity contribution in [1.82, 2.24) is 25.5 Å². The van der Waals surface area contributed by atoms with E-state index in [1.807, 2.05) is 24.4 Å². The van der Waals surface area contributed by atoms with Gasteiger partial charge >= 0.3 is 0 Å². The molecule has 3 aromatic heterocycles. The predicted octanol–water partition coefficient (Wildman–Crippen LogP) is 4.56. The Morgan fingerprint density at radius 3 is 2.64 bits per heavy atom. The predicted molar refractivity (Wildman–Crippen MR) is 133 cm³/mol. The number of benzene rings is 1. The standard InChI is InChI=1S/C22H21FN6OS.2ClH/c1-14-8-16(6-7-24-14)19-10-21(29-28-19)27-22(30)20(25-11-18-12-31-13-26-18)9-15-2-4-17(23)5-3-15;;/h2-8,10,12-13,20,25H,9,11H2,1H3,(H2,27,28,29,30);2*1H/t20-;;/m0../s1. The van der Waals surface area contributed by atoms with E-state index in [0.717, 1.165) is 22.5 Å². The van der Waals surface area contributed by atoms with Gasteiger partial charge in [0.05, 0.1) is 22.9 Å². The summed E-state index contributed by atoms with van der Waals surface area (Å²) in [6.07, 6.45) is 2.12. The molecule has 0 saturated heterocycles. The Morgan fingerprint density at radius 1 is 1.15 bits per heavy atom. The summed E-state index contributed by atoms with van der Waals surface area (Å²) in [6, 6.07) is 11.2. The molecule has 0 radical (unpaired) electrons. The minimum Gasteiger partial charge on any atom is -0.310 e. The summed E-state index contributed by atoms with van der Waals surface area (Å²) in [6.45, 7) is 2.36. The summed E-state index contributed by atoms with van der Waals surface area (Å²) < 4.78 is 13.3. The first kappa shape index (κ1) is 26.4. The molecule has 11 heteroatoms. The number of anilines is 1. The van der Waals surface area contributed by atoms with Gasteiger partial charge in [-0.25, -0.2) is 9.37 Å². The van der Waals surface area contributed by atoms with Crippen LogP contribution in [0.5, 0.6) is 0 Å². The van der Waals surface area contributed by atoms with E-state index in [9.17, 15) is 9.18 Å². The highest BCUT2D eigenvalue weighted by molar-refractivity contribution is 7.07. The number of amides is 1. The lowest BCUT2D eigenvalue weighted by Crippen LogP contribution is -2.42. The average molecular weight is 509 g/mol. The normalized spacial score (nSPS) is 11.2. The van der Waals surface area contributed by atoms with E-state index in [1.165, 1.54) is 23.5 Å². The molecule has 4 aromatic rings. The maximum absolute atomic E-state index is 13.3. The van der Waals surface area contributed by atoms with Crippen LogP contribution in [-0.2, 0) is 17.8 Å². The molecule has 0 aliphatic rings. The van der Waals surface area contributed by atoms with Crippen molar-refractivity contribution < 1.29 is 9.18 Å². The largest absolute Gasteiger partial charge is 0.310 e. The molecule has 0 aliphatic heterocycles. The summed E-state index contributed by atoms with van der Waals surface area (Å²) in [5, 5.41) is 15.2. The Labute approximate surface area is 207 Å². The Balaban J connectivity index is 0.00000193. The third-order valence-corrected chi connectivity index (χ3v) is 5.35. The molecule has 0 fully saturated rings. The van der Waals surface area contributed by atoms with Crippen LogP contribution in [0.25, 0.3) is 11.3 Å². The molecule has 0 spiro atoms. The Bertz CT molecular complexity index is 1150. The number of thiazole rings is 1. The molecule has 3 heterocycles. The van der Waals surface area contributed by atoms with E-state index in [2.05, 4.69) is 30.8 Å². The second kappa shape index (κ2) is 12.4. The number of nitrogens with one attached hydrogen (secondary N) is 3. The zero-order valence-corrected chi connectivity index (χ0v) is 20.1. The van der Waals surface area contributed by atoms with Crippen molar-refractivity contribution in [3.63, 3.8) is 0 Å². The fourth-order valence-electron chi connectivity index (χ4n) is 3.12. The summed E-state index contributed by atoms with van der Waals surface area (Å²) in [4.78, 5) is 21.5. The zero-order chi connectivity index (χ0) is 21.6. The van der Waals surface area contributed by atoms with Gasteiger partial charge in [-0.1, -0.05) is 12.1 Å². The van der Waals surface area contributed by atoms with Gasteiger partial charge in [-0.05, 0) is 43.2 Å². The van der Waals surface area contributed by atoms with Crippen molar-refractivity contribution in [2.24, 2.45) is 0 Å². The fourth-order valence-corrected chi connectivity index (χ4v) is 3.68. The maximum Gasteiger partial charge on any atom is 0.243 e. The van der Waals surface area contributed by atoms with Gasteiger partial charge in [0.1, 0.15) is 11.6 Å². The highest BCUT2D eigenvalue weighted by atomic mass is 35.5. The molecule has 3 N–H and O–H groups in total. The molecule has 0 aliphatic carbocycles. The summed E-state index contributed by atoms with van der Waals surface area (Å²) in [7, 11) is 0. The van der Waals surface area contributed by atoms with Crippen LogP contribution in [0, 0.1) is 12.7 Å². The monoisotopic (exact) mass is 508 g/mol. The summed E-state index contributed by atoms with van der Waals surface area (Å²) in [5.41, 5.74) is 5.97. The average Bonchev–Trinajstić information content (AvgIpc) is 3.44. The Morgan fingerprint density at radius 2 is 1.94 bits per heavy atom. The van der Waals surface area contributed by atoms with Crippen molar-refractivity contribution in [2.75, 3.05) is 5.32 Å². The molecule has 0 bridgehead atoms. The van der Waals surface area contributed by atoms with Crippen molar-refractivity contribution in [3.05, 3.63) is 82.3 Å². The van der Waals surface area contributed by atoms with E-state index >= 15 is 0 Å². The minimum absolute atomic E-state index is 0. The van der Waals surface area contributed by atoms with E-state index in [4.69, 9.17) is 0 Å². The van der Waals surface area contributed by atoms with Crippen molar-refractivity contribution >= 4 is 47.9 Å². The minimum atomic E-state index is -0.540. The van der Waals surface area contributed by atoms with Gasteiger partial charge < -0.3 is 5.32 Å². The molecule has 33 heavy (non-hydrogen) atoms. The molecular weight excluding hydrogens is 486 g/mol. The van der Waals surface area contributed by atoms with Crippen LogP contribution < -0.4 is 10.6 Å². The number of nitrogens with zero attached hydrogens (tertiary/aromatic N) is 3. The first-order valence-corrected chi connectivity index (χ1v) is 10.7. The molecule has 0 saturated carbocycles. The number of carbonyl (C=O) groups is 1. The lowest BCUT2D eigenvalue weighted by molar-refractivity contribution is -0.118. The molecule has 4 rings (SSSR count). The van der Waals surface area contributed by atoms with E-state index in [-0.39, 0.29) is 36.5 Å². The second-order valence-corrected chi connectivity index (χ2v) is 7.80. The smallest absolute Gasteiger partial charge is 0.243 e. The Kier molecular flexibility index (Phi) is 9.93. The van der Waals surface area contributed by atoms with Gasteiger partial charge in [-0.2, -0.15) is 5.10 Å². The highest BCUT2D eigenvalue weighted by Gasteiger charge is 2.20. The molecule has 174 valence electrons. The first-order chi connectivity index (χ1) is 15.1. The summed E-state index contributed by atoms with van der Waals surface area (Å²) in [5.74, 6) is -0.0359. The molecule has 1 atom stereocenters. The highest BCUT2D eigenvalue weighted by Crippen LogP contribution is 2.20. The van der Waals surface area contributed by atoms with Crippen LogP contribution in [0.1, 0.15) is 17.0 Å². The van der Waals surface area contributed by atoms with Gasteiger partial charge in [0.15, 0.2) is 0 Å². The zero-order valence-electron chi connectivity index (χ0n) is 17.6. The maximum atomic E-state index is 13.3. The quantitative estimate of drug-likeness (QED) is 0.324. The number of aromatic nitrogens is 4. The van der Waals surface area contributed by atoms with Gasteiger partial charge in [0, 0.05) is 35.4 Å². The molecule has 0 unspecified atom stereocenters. The van der Waals surface area contributed by atoms with Gasteiger partial charge in [-0.3, -0.25) is 20.2 Å². The van der Waals surface area contributed by atoms with Crippen LogP contribution in [-0.4, -0.2) is 32.1 Å². The van der Waals surface area contributed by atoms with Gasteiger partial charge in [0.25, 0.3) is 0 Å². The van der Waals surface area contributed by atoms with E-state index < -0.39 is 6.04 Å². The fraction of sp³-hybridized carbons (Fsp3) is 0.182. The van der Waals surface area contributed by atoms with Gasteiger partial charge in [-0.15, -0.1) is 36.2 Å². The third kappa shape index (κ3) is 7.33. The van der Waals surface area contributed by atoms with Gasteiger partial charge in [0.2, 0.25) is 5.91 Å². The molecule has 1 aromatic carbocycles. The van der Waals surface area contributed by atoms with E-state index in [0.29, 0.717) is 24.5 Å². The number of rotatable bonds is 8. The molecule has 7 nitrogen and oxygen atoms in total. The van der Waals surface area contributed by atoms with Crippen LogP contribution in [0.15, 0.2) is 59.6 Å². The van der Waals surface area contributed by atoms with Crippen LogP contribution in [0.4, 0.5) is 10.2 Å². The molecule has 1 amide bonds. The SMILES string of the molecule is Cc1cc(-c2cc(NC(=O)[C@H](Cc3ccc(F)cc3)NCc3cscn3)[nH]n2)ccn1.Cl.Cl. The van der Waals surface area contributed by atoms with Crippen molar-refractivity contribution in [3.8, 4) is 11.3 Å². The number of aryl methyl sites for hydroxylation is 1. The lowest BCUT2D eigenvalue weighted by Gasteiger charge is -2.17. The number of aromatic amines is 1. The lowest BCUT2D eigenvalue weighted by atomic mass is 10.0. The number of pyridine rings is 1. The number of hydrogen-bond donors (Lipinski definition) is 3. The molecular formula is C22H23Cl2FN6OS. The number of halogens is 3. The van der Waals surface area contributed by atoms with Crippen molar-refractivity contribution in [1.29, 1.82) is 0 Å².